The van der Waals surface area contributed by atoms with E-state index in [9.17, 15) is 18.4 Å². The van der Waals surface area contributed by atoms with Gasteiger partial charge in [0.2, 0.25) is 0 Å². The maximum absolute atomic E-state index is 15.1. The zero-order chi connectivity index (χ0) is 26.0. The van der Waals surface area contributed by atoms with Crippen LogP contribution >= 0.6 is 11.6 Å². The quantitative estimate of drug-likeness (QED) is 0.376. The molecule has 186 valence electrons. The molecule has 0 atom stereocenters. The third-order valence-corrected chi connectivity index (χ3v) is 5.51. The molecule has 1 amide bonds. The van der Waals surface area contributed by atoms with Crippen LogP contribution in [0.5, 0.6) is 11.5 Å². The minimum atomic E-state index is -3.02. The van der Waals surface area contributed by atoms with Crippen molar-refractivity contribution >= 4 is 23.2 Å². The molecule has 2 aromatic heterocycles. The van der Waals surface area contributed by atoms with Crippen LogP contribution < -0.4 is 20.3 Å². The number of nitrogens with zero attached hydrogens (tertiary/aromatic N) is 3. The first-order valence-electron chi connectivity index (χ1n) is 10.3. The Balaban J connectivity index is 1.84. The number of nitrogens with one attached hydrogen (secondary N) is 1. The monoisotopic (exact) mass is 518 g/mol. The molecular formula is C24H18ClF3N4O4. The molecule has 0 bridgehead atoms. The largest absolute Gasteiger partial charge is 0.497 e. The molecule has 0 fully saturated rings. The average Bonchev–Trinajstić information content (AvgIpc) is 3.08. The zero-order valence-electron chi connectivity index (χ0n) is 18.8. The summed E-state index contributed by atoms with van der Waals surface area (Å²) < 4.78 is 51.6. The van der Waals surface area contributed by atoms with E-state index in [1.54, 1.807) is 6.07 Å². The topological polar surface area (TPSA) is 87.4 Å². The number of carbonyl (C=O) groups excluding carboxylic acids is 1. The molecule has 2 aromatic carbocycles. The number of pyridine rings is 1. The molecular weight excluding hydrogens is 501 g/mol. The smallest absolute Gasteiger partial charge is 0.387 e. The molecule has 0 saturated carbocycles. The molecule has 0 aliphatic carbocycles. The third-order valence-electron chi connectivity index (χ3n) is 5.22. The van der Waals surface area contributed by atoms with Crippen LogP contribution in [0.2, 0.25) is 5.02 Å². The molecule has 2 heterocycles. The van der Waals surface area contributed by atoms with Crippen LogP contribution in [0, 0.1) is 5.82 Å². The third kappa shape index (κ3) is 4.78. The molecule has 8 nitrogen and oxygen atoms in total. The van der Waals surface area contributed by atoms with Crippen molar-refractivity contribution in [2.45, 2.75) is 6.61 Å². The lowest BCUT2D eigenvalue weighted by Crippen LogP contribution is -2.24. The molecule has 0 radical (unpaired) electrons. The number of halogens is 4. The van der Waals surface area contributed by atoms with Gasteiger partial charge in [0.05, 0.1) is 17.8 Å². The molecule has 12 heteroatoms. The lowest BCUT2D eigenvalue weighted by molar-refractivity contribution is -0.0498. The van der Waals surface area contributed by atoms with E-state index in [-0.39, 0.29) is 44.8 Å². The Labute approximate surface area is 207 Å². The van der Waals surface area contributed by atoms with Crippen molar-refractivity contribution in [3.8, 4) is 28.6 Å². The van der Waals surface area contributed by atoms with E-state index in [0.29, 0.717) is 0 Å². The van der Waals surface area contributed by atoms with Gasteiger partial charge in [-0.3, -0.25) is 14.3 Å². The molecule has 36 heavy (non-hydrogen) atoms. The molecule has 4 aromatic rings. The van der Waals surface area contributed by atoms with Gasteiger partial charge in [-0.05, 0) is 48.5 Å². The van der Waals surface area contributed by atoms with Gasteiger partial charge >= 0.3 is 6.61 Å². The Morgan fingerprint density at radius 3 is 2.42 bits per heavy atom. The van der Waals surface area contributed by atoms with Crippen LogP contribution in [0.25, 0.3) is 17.1 Å². The van der Waals surface area contributed by atoms with Crippen molar-refractivity contribution in [3.63, 3.8) is 0 Å². The normalized spacial score (nSPS) is 11.0. The number of alkyl halides is 2. The van der Waals surface area contributed by atoms with Crippen LogP contribution in [-0.2, 0) is 7.05 Å². The van der Waals surface area contributed by atoms with Gasteiger partial charge in [-0.15, -0.1) is 0 Å². The summed E-state index contributed by atoms with van der Waals surface area (Å²) in [4.78, 5) is 30.6. The summed E-state index contributed by atoms with van der Waals surface area (Å²) in [5, 5.41) is 2.66. The highest BCUT2D eigenvalue weighted by Crippen LogP contribution is 2.32. The fourth-order valence-corrected chi connectivity index (χ4v) is 3.79. The van der Waals surface area contributed by atoms with E-state index < -0.39 is 23.9 Å². The standard InChI is InChI=1S/C24H18ClF3N4O4/c1-31-20(16-10-9-15(35-2)12-18(16)26)19(23(34)32(31)21-17(25)4-3-11-29-21)30-22(33)13-5-7-14(8-6-13)36-24(27)28/h3-12,24H,1-2H3,(H,30,33). The maximum Gasteiger partial charge on any atom is 0.387 e. The number of methoxy groups -OCH3 is 1. The number of anilines is 1. The van der Waals surface area contributed by atoms with Crippen LogP contribution in [0.1, 0.15) is 10.4 Å². The van der Waals surface area contributed by atoms with E-state index >= 15 is 4.39 Å². The Kier molecular flexibility index (Phi) is 7.02. The van der Waals surface area contributed by atoms with E-state index in [2.05, 4.69) is 15.0 Å². The van der Waals surface area contributed by atoms with E-state index in [1.807, 2.05) is 0 Å². The maximum atomic E-state index is 15.1. The predicted octanol–water partition coefficient (Wildman–Crippen LogP) is 4.89. The van der Waals surface area contributed by atoms with Gasteiger partial charge in [-0.25, -0.2) is 9.37 Å². The predicted molar refractivity (Wildman–Crippen MR) is 127 cm³/mol. The van der Waals surface area contributed by atoms with Gasteiger partial charge in [0.15, 0.2) is 5.82 Å². The molecule has 0 spiro atoms. The van der Waals surface area contributed by atoms with Gasteiger partial charge in [0, 0.05) is 30.4 Å². The van der Waals surface area contributed by atoms with E-state index in [0.717, 1.165) is 10.7 Å². The summed E-state index contributed by atoms with van der Waals surface area (Å²) >= 11 is 6.25. The number of carbonyl (C=O) groups is 1. The lowest BCUT2D eigenvalue weighted by Gasteiger charge is -2.12. The Hall–Kier alpha value is -4.25. The number of rotatable bonds is 7. The molecule has 0 saturated heterocycles. The molecule has 0 aliphatic rings. The summed E-state index contributed by atoms with van der Waals surface area (Å²) in [6.45, 7) is -3.02. The molecule has 0 aliphatic heterocycles. The van der Waals surface area contributed by atoms with Gasteiger partial charge in [-0.2, -0.15) is 13.5 Å². The minimum Gasteiger partial charge on any atom is -0.497 e. The summed E-state index contributed by atoms with van der Waals surface area (Å²) in [5.74, 6) is -1.27. The first-order chi connectivity index (χ1) is 17.2. The first-order valence-corrected chi connectivity index (χ1v) is 10.7. The van der Waals surface area contributed by atoms with Gasteiger partial charge < -0.3 is 14.8 Å². The summed E-state index contributed by atoms with van der Waals surface area (Å²) in [5.41, 5.74) is -0.899. The SMILES string of the molecule is COc1ccc(-c2c(NC(=O)c3ccc(OC(F)F)cc3)c(=O)n(-c3ncccc3Cl)n2C)c(F)c1. The van der Waals surface area contributed by atoms with E-state index in [4.69, 9.17) is 16.3 Å². The highest BCUT2D eigenvalue weighted by Gasteiger charge is 2.26. The fraction of sp³-hybridized carbons (Fsp3) is 0.125. The highest BCUT2D eigenvalue weighted by molar-refractivity contribution is 6.32. The van der Waals surface area contributed by atoms with Gasteiger partial charge in [-0.1, -0.05) is 11.6 Å². The Morgan fingerprint density at radius 2 is 1.81 bits per heavy atom. The second-order valence-electron chi connectivity index (χ2n) is 7.38. The minimum absolute atomic E-state index is 0.00261. The summed E-state index contributed by atoms with van der Waals surface area (Å²) in [7, 11) is 2.87. The van der Waals surface area contributed by atoms with Crippen molar-refractivity contribution in [3.05, 3.63) is 87.6 Å². The van der Waals surface area contributed by atoms with Crippen molar-refractivity contribution in [2.75, 3.05) is 12.4 Å². The van der Waals surface area contributed by atoms with E-state index in [1.165, 1.54) is 67.5 Å². The van der Waals surface area contributed by atoms with Crippen LogP contribution in [0.15, 0.2) is 65.6 Å². The van der Waals surface area contributed by atoms with Crippen LogP contribution in [0.3, 0.4) is 0 Å². The zero-order valence-corrected chi connectivity index (χ0v) is 19.6. The lowest BCUT2D eigenvalue weighted by atomic mass is 10.1. The van der Waals surface area contributed by atoms with Gasteiger partial charge in [0.1, 0.15) is 23.0 Å². The number of benzene rings is 2. The molecule has 4 rings (SSSR count). The van der Waals surface area contributed by atoms with Crippen molar-refractivity contribution in [2.24, 2.45) is 7.05 Å². The number of amides is 1. The molecule has 0 unspecified atom stereocenters. The number of hydrogen-bond acceptors (Lipinski definition) is 5. The van der Waals surface area contributed by atoms with Crippen LogP contribution in [0.4, 0.5) is 18.9 Å². The van der Waals surface area contributed by atoms with Crippen molar-refractivity contribution in [1.82, 2.24) is 14.3 Å². The van der Waals surface area contributed by atoms with Crippen molar-refractivity contribution in [1.29, 1.82) is 0 Å². The van der Waals surface area contributed by atoms with Crippen LogP contribution in [-0.4, -0.2) is 34.0 Å². The second-order valence-corrected chi connectivity index (χ2v) is 7.78. The first kappa shape index (κ1) is 24.9. The number of aromatic nitrogens is 3. The number of hydrogen-bond donors (Lipinski definition) is 1. The highest BCUT2D eigenvalue weighted by atomic mass is 35.5. The molecule has 1 N–H and O–H groups in total. The van der Waals surface area contributed by atoms with Gasteiger partial charge in [0.25, 0.3) is 11.5 Å². The summed E-state index contributed by atoms with van der Waals surface area (Å²) in [6, 6.07) is 12.0. The second kappa shape index (κ2) is 10.2. The van der Waals surface area contributed by atoms with Crippen molar-refractivity contribution < 1.29 is 27.4 Å². The average molecular weight is 519 g/mol. The fourth-order valence-electron chi connectivity index (χ4n) is 3.59. The number of ether oxygens (including phenoxy) is 2. The summed E-state index contributed by atoms with van der Waals surface area (Å²) in [6.07, 6.45) is 1.43. The Morgan fingerprint density at radius 1 is 1.11 bits per heavy atom. The Bertz CT molecular complexity index is 1490.